The summed E-state index contributed by atoms with van der Waals surface area (Å²) >= 11 is 0. The summed E-state index contributed by atoms with van der Waals surface area (Å²) in [6.07, 6.45) is 2.70. The highest BCUT2D eigenvalue weighted by Gasteiger charge is 2.53. The molecular formula is C30H31N3O. The number of piperidine rings is 1. The number of aryl methyl sites for hydroxylation is 1. The van der Waals surface area contributed by atoms with Crippen LogP contribution < -0.4 is 0 Å². The molecule has 1 atom stereocenters. The van der Waals surface area contributed by atoms with Crippen molar-refractivity contribution >= 4 is 11.0 Å². The first-order valence-corrected chi connectivity index (χ1v) is 12.7. The van der Waals surface area contributed by atoms with Crippen LogP contribution in [0.25, 0.3) is 11.0 Å². The molecule has 1 aliphatic heterocycles. The van der Waals surface area contributed by atoms with E-state index in [4.69, 9.17) is 4.98 Å². The van der Waals surface area contributed by atoms with Gasteiger partial charge in [0.1, 0.15) is 11.9 Å². The number of hydrogen-bond donors (Lipinski definition) is 1. The summed E-state index contributed by atoms with van der Waals surface area (Å²) < 4.78 is 2.07. The Kier molecular flexibility index (Phi) is 4.52. The van der Waals surface area contributed by atoms with Crippen molar-refractivity contribution < 1.29 is 5.11 Å². The monoisotopic (exact) mass is 449 g/mol. The van der Waals surface area contributed by atoms with Crippen LogP contribution in [0.5, 0.6) is 0 Å². The summed E-state index contributed by atoms with van der Waals surface area (Å²) in [6, 6.07) is 26.4. The number of hydrogen-bond acceptors (Lipinski definition) is 3. The summed E-state index contributed by atoms with van der Waals surface area (Å²) in [5.41, 5.74) is 8.32. The second kappa shape index (κ2) is 7.53. The van der Waals surface area contributed by atoms with E-state index >= 15 is 0 Å². The van der Waals surface area contributed by atoms with Gasteiger partial charge in [0, 0.05) is 24.9 Å². The van der Waals surface area contributed by atoms with Crippen LogP contribution in [0.2, 0.25) is 0 Å². The van der Waals surface area contributed by atoms with Crippen molar-refractivity contribution in [3.63, 3.8) is 0 Å². The van der Waals surface area contributed by atoms with Crippen molar-refractivity contribution in [1.82, 2.24) is 14.5 Å². The molecule has 172 valence electrons. The molecule has 0 spiro atoms. The third-order valence-electron chi connectivity index (χ3n) is 8.91. The lowest BCUT2D eigenvalue weighted by Crippen LogP contribution is -2.44. The van der Waals surface area contributed by atoms with E-state index in [1.54, 1.807) is 11.1 Å². The number of imidazole rings is 1. The second-order valence-corrected chi connectivity index (χ2v) is 10.6. The van der Waals surface area contributed by atoms with Crippen LogP contribution in [0.3, 0.4) is 0 Å². The van der Waals surface area contributed by atoms with Crippen LogP contribution in [0.4, 0.5) is 0 Å². The molecule has 2 aliphatic carbocycles. The van der Waals surface area contributed by atoms with E-state index in [0.29, 0.717) is 5.92 Å². The molecule has 0 amide bonds. The van der Waals surface area contributed by atoms with E-state index in [1.807, 2.05) is 25.2 Å². The van der Waals surface area contributed by atoms with Gasteiger partial charge in [-0.15, -0.1) is 0 Å². The van der Waals surface area contributed by atoms with Gasteiger partial charge < -0.3 is 14.6 Å². The Labute approximate surface area is 200 Å². The number of aliphatic hydroxyl groups excluding tert-OH is 1. The fourth-order valence-corrected chi connectivity index (χ4v) is 7.26. The molecular weight excluding hydrogens is 418 g/mol. The Hall–Kier alpha value is -2.95. The Morgan fingerprint density at radius 3 is 2.21 bits per heavy atom. The first-order valence-electron chi connectivity index (χ1n) is 12.7. The highest BCUT2D eigenvalue weighted by atomic mass is 16.3. The molecule has 4 aromatic rings. The van der Waals surface area contributed by atoms with Gasteiger partial charge in [-0.2, -0.15) is 0 Å². The summed E-state index contributed by atoms with van der Waals surface area (Å²) in [6.45, 7) is 3.14. The maximum Gasteiger partial charge on any atom is 0.138 e. The van der Waals surface area contributed by atoms with Gasteiger partial charge in [-0.25, -0.2) is 4.98 Å². The lowest BCUT2D eigenvalue weighted by atomic mass is 9.74. The molecule has 4 heteroatoms. The minimum atomic E-state index is -0.512. The molecule has 1 N–H and O–H groups in total. The van der Waals surface area contributed by atoms with Crippen LogP contribution in [0.1, 0.15) is 59.4 Å². The zero-order valence-corrected chi connectivity index (χ0v) is 19.7. The summed E-state index contributed by atoms with van der Waals surface area (Å²) in [5.74, 6) is 1.60. The van der Waals surface area contributed by atoms with E-state index in [2.05, 4.69) is 64.1 Å². The summed E-state index contributed by atoms with van der Waals surface area (Å²) in [5, 5.41) is 11.3. The topological polar surface area (TPSA) is 41.3 Å². The van der Waals surface area contributed by atoms with Crippen molar-refractivity contribution in [2.24, 2.45) is 13.0 Å². The molecule has 3 aromatic carbocycles. The maximum atomic E-state index is 11.3. The fraction of sp³-hybridized carbons (Fsp3) is 0.367. The predicted octanol–water partition coefficient (Wildman–Crippen LogP) is 5.15. The third kappa shape index (κ3) is 2.82. The van der Waals surface area contributed by atoms with Crippen molar-refractivity contribution in [3.05, 3.63) is 101 Å². The third-order valence-corrected chi connectivity index (χ3v) is 8.91. The van der Waals surface area contributed by atoms with Crippen LogP contribution in [-0.4, -0.2) is 39.2 Å². The quantitative estimate of drug-likeness (QED) is 0.468. The number of benzene rings is 3. The van der Waals surface area contributed by atoms with Gasteiger partial charge in [0.25, 0.3) is 0 Å². The number of fused-ring (bicyclic) bond motifs is 9. The molecule has 2 bridgehead atoms. The largest absolute Gasteiger partial charge is 0.385 e. The normalized spacial score (nSPS) is 24.9. The molecule has 7 rings (SSSR count). The lowest BCUT2D eigenvalue weighted by molar-refractivity contribution is 0.0471. The highest BCUT2D eigenvalue weighted by molar-refractivity contribution is 5.75. The fourth-order valence-electron chi connectivity index (χ4n) is 7.26. The highest BCUT2D eigenvalue weighted by Crippen LogP contribution is 2.60. The van der Waals surface area contributed by atoms with Crippen molar-refractivity contribution in [2.75, 3.05) is 19.6 Å². The smallest absolute Gasteiger partial charge is 0.138 e. The van der Waals surface area contributed by atoms with Crippen LogP contribution in [0, 0.1) is 5.92 Å². The maximum absolute atomic E-state index is 11.3. The first-order chi connectivity index (χ1) is 16.7. The van der Waals surface area contributed by atoms with Gasteiger partial charge in [0.2, 0.25) is 0 Å². The molecule has 0 saturated carbocycles. The standard InChI is InChI=1S/C30H31N3O/c1-32-27-13-7-6-12-26(27)31-29(32)28(34)20-14-16-33(17-15-20)19-30-18-23(21-8-2-4-10-24(21)30)22-9-3-5-11-25(22)30/h2-13,20,23,28,34H,14-19H2,1H3/t23?,28-,30?/m1/s1. The predicted molar refractivity (Wildman–Crippen MR) is 135 cm³/mol. The number of aliphatic hydroxyl groups is 1. The van der Waals surface area contributed by atoms with Crippen LogP contribution >= 0.6 is 0 Å². The Morgan fingerprint density at radius 2 is 1.53 bits per heavy atom. The molecule has 0 unspecified atom stereocenters. The minimum absolute atomic E-state index is 0.112. The van der Waals surface area contributed by atoms with Crippen LogP contribution in [0.15, 0.2) is 72.8 Å². The van der Waals surface area contributed by atoms with E-state index in [0.717, 1.165) is 49.3 Å². The number of likely N-dealkylation sites (tertiary alicyclic amines) is 1. The average molecular weight is 450 g/mol. The molecule has 1 fully saturated rings. The van der Waals surface area contributed by atoms with Crippen molar-refractivity contribution in [2.45, 2.75) is 36.7 Å². The Morgan fingerprint density at radius 1 is 0.912 bits per heavy atom. The van der Waals surface area contributed by atoms with Gasteiger partial charge >= 0.3 is 0 Å². The molecule has 0 radical (unpaired) electrons. The second-order valence-electron chi connectivity index (χ2n) is 10.6. The van der Waals surface area contributed by atoms with Gasteiger partial charge in [0.15, 0.2) is 0 Å². The molecule has 2 heterocycles. The van der Waals surface area contributed by atoms with Gasteiger partial charge in [0.05, 0.1) is 11.0 Å². The Balaban J connectivity index is 1.12. The molecule has 1 saturated heterocycles. The van der Waals surface area contributed by atoms with Crippen molar-refractivity contribution in [1.29, 1.82) is 0 Å². The average Bonchev–Trinajstić information content (AvgIpc) is 3.52. The van der Waals surface area contributed by atoms with Crippen LogP contribution in [-0.2, 0) is 12.5 Å². The van der Waals surface area contributed by atoms with E-state index in [-0.39, 0.29) is 11.3 Å². The minimum Gasteiger partial charge on any atom is -0.385 e. The van der Waals surface area contributed by atoms with Crippen molar-refractivity contribution in [3.8, 4) is 0 Å². The van der Waals surface area contributed by atoms with E-state index in [9.17, 15) is 5.11 Å². The Bertz CT molecular complexity index is 1330. The summed E-state index contributed by atoms with van der Waals surface area (Å²) in [4.78, 5) is 7.42. The lowest BCUT2D eigenvalue weighted by Gasteiger charge is -2.40. The first kappa shape index (κ1) is 20.4. The summed E-state index contributed by atoms with van der Waals surface area (Å²) in [7, 11) is 2.02. The number of aromatic nitrogens is 2. The van der Waals surface area contributed by atoms with Gasteiger partial charge in [-0.1, -0.05) is 60.7 Å². The van der Waals surface area contributed by atoms with Gasteiger partial charge in [-0.3, -0.25) is 0 Å². The van der Waals surface area contributed by atoms with Gasteiger partial charge in [-0.05, 0) is 72.7 Å². The molecule has 34 heavy (non-hydrogen) atoms. The van der Waals surface area contributed by atoms with E-state index < -0.39 is 6.10 Å². The van der Waals surface area contributed by atoms with E-state index in [1.165, 1.54) is 17.5 Å². The SMILES string of the molecule is Cn1c([C@H](O)C2CCN(CC34CC(c5ccccc53)c3ccccc34)CC2)nc2ccccc21. The zero-order chi connectivity index (χ0) is 22.9. The molecule has 3 aliphatic rings. The number of para-hydroxylation sites is 2. The zero-order valence-electron chi connectivity index (χ0n) is 19.7. The number of rotatable bonds is 4. The molecule has 4 nitrogen and oxygen atoms in total. The molecule has 1 aromatic heterocycles. The number of nitrogens with zero attached hydrogens (tertiary/aromatic N) is 3.